The molecule has 0 atom stereocenters. The zero-order valence-electron chi connectivity index (χ0n) is 13.9. The summed E-state index contributed by atoms with van der Waals surface area (Å²) in [6.45, 7) is 0. The van der Waals surface area contributed by atoms with Crippen LogP contribution in [0, 0.1) is 0 Å². The first-order valence-corrected chi connectivity index (χ1v) is 8.49. The molecule has 0 aliphatic rings. The van der Waals surface area contributed by atoms with Crippen LogP contribution in [0.5, 0.6) is 0 Å². The standard InChI is InChI=1S/C23H15NO2/c1-3-9-16(10-4-1)20-15-24-26-23(20)22-19-14-8-7-13-18(19)21(25-22)17-11-5-2-6-12-17/h1-15H. The average Bonchev–Trinajstić information content (AvgIpc) is 3.34. The van der Waals surface area contributed by atoms with Crippen LogP contribution >= 0.6 is 0 Å². The van der Waals surface area contributed by atoms with Crippen LogP contribution in [0.2, 0.25) is 0 Å². The summed E-state index contributed by atoms with van der Waals surface area (Å²) in [4.78, 5) is 0. The lowest BCUT2D eigenvalue weighted by atomic mass is 10.0. The van der Waals surface area contributed by atoms with Gasteiger partial charge in [0, 0.05) is 16.3 Å². The Balaban J connectivity index is 1.76. The molecule has 0 fully saturated rings. The molecule has 0 amide bonds. The molecule has 0 saturated carbocycles. The van der Waals surface area contributed by atoms with Crippen molar-refractivity contribution in [3.63, 3.8) is 0 Å². The van der Waals surface area contributed by atoms with Crippen molar-refractivity contribution in [3.05, 3.63) is 91.1 Å². The average molecular weight is 337 g/mol. The molecule has 0 spiro atoms. The van der Waals surface area contributed by atoms with Crippen LogP contribution in [0.15, 0.2) is 100 Å². The molecular formula is C23H15NO2. The molecule has 5 aromatic rings. The molecule has 0 aliphatic heterocycles. The number of hydrogen-bond donors (Lipinski definition) is 0. The number of rotatable bonds is 3. The van der Waals surface area contributed by atoms with Gasteiger partial charge in [0.1, 0.15) is 5.76 Å². The molecule has 5 rings (SSSR count). The zero-order valence-corrected chi connectivity index (χ0v) is 13.9. The van der Waals surface area contributed by atoms with Gasteiger partial charge in [-0.15, -0.1) is 0 Å². The van der Waals surface area contributed by atoms with Crippen molar-refractivity contribution in [3.8, 4) is 34.0 Å². The summed E-state index contributed by atoms with van der Waals surface area (Å²) < 4.78 is 11.9. The molecule has 0 N–H and O–H groups in total. The number of hydrogen-bond acceptors (Lipinski definition) is 3. The molecule has 3 nitrogen and oxygen atoms in total. The first-order valence-electron chi connectivity index (χ1n) is 8.49. The van der Waals surface area contributed by atoms with Crippen molar-refractivity contribution in [2.24, 2.45) is 0 Å². The Bertz CT molecular complexity index is 1170. The Morgan fingerprint density at radius 2 is 1.12 bits per heavy atom. The summed E-state index contributed by atoms with van der Waals surface area (Å²) in [5.74, 6) is 2.19. The van der Waals surface area contributed by atoms with E-state index in [-0.39, 0.29) is 0 Å². The van der Waals surface area contributed by atoms with Gasteiger partial charge in [-0.05, 0) is 5.56 Å². The first kappa shape index (κ1) is 14.7. The van der Waals surface area contributed by atoms with Crippen molar-refractivity contribution in [2.45, 2.75) is 0 Å². The van der Waals surface area contributed by atoms with Crippen LogP contribution in [0.25, 0.3) is 44.7 Å². The molecule has 3 aromatic carbocycles. The van der Waals surface area contributed by atoms with E-state index in [2.05, 4.69) is 17.3 Å². The van der Waals surface area contributed by atoms with E-state index in [0.29, 0.717) is 11.5 Å². The van der Waals surface area contributed by atoms with E-state index in [1.165, 1.54) is 0 Å². The Hall–Kier alpha value is -3.59. The SMILES string of the molecule is c1ccc(-c2cnoc2-c2oc(-c3ccccc3)c3ccccc23)cc1. The minimum absolute atomic E-state index is 0.648. The number of furan rings is 1. The van der Waals surface area contributed by atoms with E-state index in [0.717, 1.165) is 33.2 Å². The molecule has 2 aromatic heterocycles. The highest BCUT2D eigenvalue weighted by atomic mass is 16.5. The maximum Gasteiger partial charge on any atom is 0.210 e. The largest absolute Gasteiger partial charge is 0.451 e. The van der Waals surface area contributed by atoms with Gasteiger partial charge in [0.15, 0.2) is 5.76 Å². The van der Waals surface area contributed by atoms with Crippen LogP contribution < -0.4 is 0 Å². The van der Waals surface area contributed by atoms with Crippen molar-refractivity contribution in [1.82, 2.24) is 5.16 Å². The van der Waals surface area contributed by atoms with Crippen molar-refractivity contribution in [1.29, 1.82) is 0 Å². The third kappa shape index (κ3) is 2.33. The fraction of sp³-hybridized carbons (Fsp3) is 0. The highest BCUT2D eigenvalue weighted by Gasteiger charge is 2.22. The van der Waals surface area contributed by atoms with Crippen LogP contribution in [-0.2, 0) is 0 Å². The Kier molecular flexibility index (Phi) is 3.42. The molecule has 0 unspecified atom stereocenters. The Morgan fingerprint density at radius 3 is 1.81 bits per heavy atom. The minimum atomic E-state index is 0.648. The molecule has 124 valence electrons. The van der Waals surface area contributed by atoms with E-state index >= 15 is 0 Å². The Labute approximate surface area is 150 Å². The van der Waals surface area contributed by atoms with Crippen molar-refractivity contribution < 1.29 is 8.94 Å². The number of nitrogens with zero attached hydrogens (tertiary/aromatic N) is 1. The summed E-state index contributed by atoms with van der Waals surface area (Å²) in [6, 6.07) is 28.4. The molecule has 0 bridgehead atoms. The van der Waals surface area contributed by atoms with Gasteiger partial charge in [0.05, 0.1) is 11.8 Å². The molecule has 0 saturated heterocycles. The van der Waals surface area contributed by atoms with Gasteiger partial charge in [0.25, 0.3) is 0 Å². The Morgan fingerprint density at radius 1 is 0.538 bits per heavy atom. The van der Waals surface area contributed by atoms with Gasteiger partial charge in [0.2, 0.25) is 5.76 Å². The van der Waals surface area contributed by atoms with Gasteiger partial charge in [-0.2, -0.15) is 0 Å². The molecule has 0 radical (unpaired) electrons. The van der Waals surface area contributed by atoms with Crippen molar-refractivity contribution >= 4 is 10.8 Å². The lowest BCUT2D eigenvalue weighted by Gasteiger charge is -2.00. The van der Waals surface area contributed by atoms with E-state index in [1.54, 1.807) is 6.20 Å². The second-order valence-corrected chi connectivity index (χ2v) is 6.11. The van der Waals surface area contributed by atoms with E-state index in [9.17, 15) is 0 Å². The predicted molar refractivity (Wildman–Crippen MR) is 103 cm³/mol. The van der Waals surface area contributed by atoms with E-state index in [1.807, 2.05) is 72.8 Å². The van der Waals surface area contributed by atoms with Crippen LogP contribution in [0.4, 0.5) is 0 Å². The fourth-order valence-corrected chi connectivity index (χ4v) is 3.29. The molecular weight excluding hydrogens is 322 g/mol. The summed E-state index contributed by atoms with van der Waals surface area (Å²) in [6.07, 6.45) is 1.74. The highest BCUT2D eigenvalue weighted by molar-refractivity contribution is 6.03. The number of fused-ring (bicyclic) bond motifs is 1. The maximum absolute atomic E-state index is 6.32. The maximum atomic E-state index is 6.32. The second kappa shape index (κ2) is 6.05. The topological polar surface area (TPSA) is 39.2 Å². The third-order valence-corrected chi connectivity index (χ3v) is 4.52. The van der Waals surface area contributed by atoms with E-state index < -0.39 is 0 Å². The monoisotopic (exact) mass is 337 g/mol. The van der Waals surface area contributed by atoms with Gasteiger partial charge in [-0.25, -0.2) is 0 Å². The molecule has 26 heavy (non-hydrogen) atoms. The van der Waals surface area contributed by atoms with Crippen LogP contribution in [0.1, 0.15) is 0 Å². The summed E-state index contributed by atoms with van der Waals surface area (Å²) in [5.41, 5.74) is 3.01. The van der Waals surface area contributed by atoms with Gasteiger partial charge < -0.3 is 8.94 Å². The van der Waals surface area contributed by atoms with Gasteiger partial charge in [-0.1, -0.05) is 90.1 Å². The smallest absolute Gasteiger partial charge is 0.210 e. The van der Waals surface area contributed by atoms with E-state index in [4.69, 9.17) is 8.94 Å². The van der Waals surface area contributed by atoms with Crippen LogP contribution in [-0.4, -0.2) is 5.16 Å². The number of aromatic nitrogens is 1. The quantitative estimate of drug-likeness (QED) is 0.381. The molecule has 3 heteroatoms. The minimum Gasteiger partial charge on any atom is -0.451 e. The summed E-state index contributed by atoms with van der Waals surface area (Å²) >= 11 is 0. The van der Waals surface area contributed by atoms with Gasteiger partial charge in [-0.3, -0.25) is 0 Å². The lowest BCUT2D eigenvalue weighted by Crippen LogP contribution is -1.78. The van der Waals surface area contributed by atoms with Crippen molar-refractivity contribution in [2.75, 3.05) is 0 Å². The molecule has 2 heterocycles. The second-order valence-electron chi connectivity index (χ2n) is 6.11. The molecule has 0 aliphatic carbocycles. The third-order valence-electron chi connectivity index (χ3n) is 4.52. The van der Waals surface area contributed by atoms with Crippen LogP contribution in [0.3, 0.4) is 0 Å². The normalized spacial score (nSPS) is 11.1. The summed E-state index contributed by atoms with van der Waals surface area (Å²) in [5, 5.41) is 6.10. The lowest BCUT2D eigenvalue weighted by molar-refractivity contribution is 0.420. The van der Waals surface area contributed by atoms with Gasteiger partial charge >= 0.3 is 0 Å². The zero-order chi connectivity index (χ0) is 17.3. The fourth-order valence-electron chi connectivity index (χ4n) is 3.29. The summed E-state index contributed by atoms with van der Waals surface area (Å²) in [7, 11) is 0. The first-order chi connectivity index (χ1) is 12.9. The number of benzene rings is 3. The predicted octanol–water partition coefficient (Wildman–Crippen LogP) is 6.42. The highest BCUT2D eigenvalue weighted by Crippen LogP contribution is 2.42.